The second-order valence-electron chi connectivity index (χ2n) is 5.35. The first-order valence-corrected chi connectivity index (χ1v) is 6.86. The van der Waals surface area contributed by atoms with E-state index in [0.717, 1.165) is 19.5 Å². The van der Waals surface area contributed by atoms with Gasteiger partial charge in [-0.15, -0.1) is 0 Å². The fraction of sp³-hybridized carbons (Fsp3) is 0.692. The van der Waals surface area contributed by atoms with Crippen molar-refractivity contribution in [3.63, 3.8) is 0 Å². The standard InChI is InChI=1S/C13H22N4O2/c1-3-17-11(14)10(12(18)15-13(17)19)8-16-6-4-5-9(2)7-16/h9H,3-8,14H2,1-2H3,(H,15,18,19). The van der Waals surface area contributed by atoms with E-state index in [0.29, 0.717) is 30.4 Å². The molecule has 1 atom stereocenters. The molecule has 19 heavy (non-hydrogen) atoms. The van der Waals surface area contributed by atoms with E-state index in [2.05, 4.69) is 16.8 Å². The first-order chi connectivity index (χ1) is 9.02. The highest BCUT2D eigenvalue weighted by Gasteiger charge is 2.20. The van der Waals surface area contributed by atoms with Crippen LogP contribution in [0.3, 0.4) is 0 Å². The average Bonchev–Trinajstić information content (AvgIpc) is 2.35. The smallest absolute Gasteiger partial charge is 0.329 e. The Kier molecular flexibility index (Phi) is 4.09. The maximum absolute atomic E-state index is 11.9. The zero-order valence-electron chi connectivity index (χ0n) is 11.6. The van der Waals surface area contributed by atoms with Gasteiger partial charge in [-0.25, -0.2) is 4.79 Å². The van der Waals surface area contributed by atoms with Crippen molar-refractivity contribution in [3.05, 3.63) is 26.4 Å². The van der Waals surface area contributed by atoms with Gasteiger partial charge in [0.1, 0.15) is 5.82 Å². The van der Waals surface area contributed by atoms with Crippen LogP contribution in [0.2, 0.25) is 0 Å². The molecule has 0 bridgehead atoms. The Balaban J connectivity index is 2.29. The Labute approximate surface area is 112 Å². The third-order valence-corrected chi connectivity index (χ3v) is 3.78. The van der Waals surface area contributed by atoms with Crippen molar-refractivity contribution in [2.75, 3.05) is 18.8 Å². The number of nitrogens with zero attached hydrogens (tertiary/aromatic N) is 2. The molecule has 106 valence electrons. The van der Waals surface area contributed by atoms with Crippen LogP contribution in [-0.4, -0.2) is 27.5 Å². The van der Waals surface area contributed by atoms with Gasteiger partial charge in [0.05, 0.1) is 5.56 Å². The van der Waals surface area contributed by atoms with Gasteiger partial charge in [0, 0.05) is 19.6 Å². The van der Waals surface area contributed by atoms with Crippen molar-refractivity contribution in [3.8, 4) is 0 Å². The third-order valence-electron chi connectivity index (χ3n) is 3.78. The maximum atomic E-state index is 11.9. The summed E-state index contributed by atoms with van der Waals surface area (Å²) in [6.07, 6.45) is 2.38. The lowest BCUT2D eigenvalue weighted by atomic mass is 10.00. The summed E-state index contributed by atoms with van der Waals surface area (Å²) in [5.74, 6) is 0.945. The van der Waals surface area contributed by atoms with Gasteiger partial charge >= 0.3 is 5.69 Å². The number of anilines is 1. The highest BCUT2D eigenvalue weighted by Crippen LogP contribution is 2.18. The van der Waals surface area contributed by atoms with Crippen LogP contribution in [0.25, 0.3) is 0 Å². The number of aromatic amines is 1. The summed E-state index contributed by atoms with van der Waals surface area (Å²) in [4.78, 5) is 28.1. The molecule has 3 N–H and O–H groups in total. The zero-order valence-corrected chi connectivity index (χ0v) is 11.6. The molecule has 1 saturated heterocycles. The van der Waals surface area contributed by atoms with E-state index >= 15 is 0 Å². The summed E-state index contributed by atoms with van der Waals surface area (Å²) >= 11 is 0. The Morgan fingerprint density at radius 1 is 1.42 bits per heavy atom. The van der Waals surface area contributed by atoms with Crippen LogP contribution < -0.4 is 17.0 Å². The van der Waals surface area contributed by atoms with Gasteiger partial charge in [0.25, 0.3) is 5.56 Å². The van der Waals surface area contributed by atoms with Gasteiger partial charge in [-0.3, -0.25) is 19.2 Å². The van der Waals surface area contributed by atoms with Gasteiger partial charge in [-0.1, -0.05) is 6.92 Å². The van der Waals surface area contributed by atoms with Crippen molar-refractivity contribution >= 4 is 5.82 Å². The van der Waals surface area contributed by atoms with Crippen molar-refractivity contribution in [1.29, 1.82) is 0 Å². The Hall–Kier alpha value is -1.56. The van der Waals surface area contributed by atoms with Crippen LogP contribution in [0.4, 0.5) is 5.82 Å². The number of piperidine rings is 1. The summed E-state index contributed by atoms with van der Waals surface area (Å²) in [7, 11) is 0. The monoisotopic (exact) mass is 266 g/mol. The normalized spacial score (nSPS) is 20.6. The van der Waals surface area contributed by atoms with Crippen LogP contribution in [0.5, 0.6) is 0 Å². The molecule has 2 heterocycles. The number of nitrogens with two attached hydrogens (primary N) is 1. The number of aromatic nitrogens is 2. The minimum absolute atomic E-state index is 0.300. The Morgan fingerprint density at radius 3 is 2.79 bits per heavy atom. The van der Waals surface area contributed by atoms with Gasteiger partial charge < -0.3 is 5.73 Å². The lowest BCUT2D eigenvalue weighted by Crippen LogP contribution is -2.39. The van der Waals surface area contributed by atoms with Crippen LogP contribution in [0.15, 0.2) is 9.59 Å². The third kappa shape index (κ3) is 2.89. The number of likely N-dealkylation sites (tertiary alicyclic amines) is 1. The molecule has 1 aromatic heterocycles. The molecule has 6 nitrogen and oxygen atoms in total. The van der Waals surface area contributed by atoms with Crippen molar-refractivity contribution < 1.29 is 0 Å². The number of H-pyrrole nitrogens is 1. The molecule has 0 aromatic carbocycles. The van der Waals surface area contributed by atoms with Gasteiger partial charge in [0.2, 0.25) is 0 Å². The maximum Gasteiger partial charge on any atom is 0.329 e. The first kappa shape index (κ1) is 13.9. The summed E-state index contributed by atoms with van der Waals surface area (Å²) in [6.45, 7) is 6.99. The van der Waals surface area contributed by atoms with E-state index < -0.39 is 5.69 Å². The molecule has 6 heteroatoms. The number of rotatable bonds is 3. The molecule has 0 radical (unpaired) electrons. The van der Waals surface area contributed by atoms with Crippen LogP contribution in [0, 0.1) is 5.92 Å². The lowest BCUT2D eigenvalue weighted by Gasteiger charge is -2.30. The first-order valence-electron chi connectivity index (χ1n) is 6.86. The molecule has 0 spiro atoms. The highest BCUT2D eigenvalue weighted by molar-refractivity contribution is 5.38. The topological polar surface area (TPSA) is 84.1 Å². The molecular weight excluding hydrogens is 244 g/mol. The summed E-state index contributed by atoms with van der Waals surface area (Å²) < 4.78 is 1.41. The number of nitrogen functional groups attached to an aromatic ring is 1. The summed E-state index contributed by atoms with van der Waals surface area (Å²) in [5.41, 5.74) is 5.69. The molecule has 1 unspecified atom stereocenters. The quantitative estimate of drug-likeness (QED) is 0.828. The molecule has 0 aliphatic carbocycles. The van der Waals surface area contributed by atoms with Crippen LogP contribution in [-0.2, 0) is 13.1 Å². The predicted octanol–water partition coefficient (Wildman–Crippen LogP) is 0.371. The van der Waals surface area contributed by atoms with Crippen molar-refractivity contribution in [1.82, 2.24) is 14.5 Å². The predicted molar refractivity (Wildman–Crippen MR) is 75.1 cm³/mol. The second-order valence-corrected chi connectivity index (χ2v) is 5.35. The van der Waals surface area contributed by atoms with E-state index in [1.807, 2.05) is 6.92 Å². The minimum Gasteiger partial charge on any atom is -0.385 e. The van der Waals surface area contributed by atoms with E-state index in [1.54, 1.807) is 0 Å². The molecule has 0 saturated carbocycles. The van der Waals surface area contributed by atoms with E-state index in [4.69, 9.17) is 5.73 Å². The average molecular weight is 266 g/mol. The molecule has 1 aromatic rings. The fourth-order valence-electron chi connectivity index (χ4n) is 2.75. The van der Waals surface area contributed by atoms with Crippen LogP contribution >= 0.6 is 0 Å². The van der Waals surface area contributed by atoms with Crippen molar-refractivity contribution in [2.24, 2.45) is 5.92 Å². The van der Waals surface area contributed by atoms with Crippen molar-refractivity contribution in [2.45, 2.75) is 39.8 Å². The highest BCUT2D eigenvalue weighted by atomic mass is 16.2. The number of hydrogen-bond acceptors (Lipinski definition) is 4. The number of nitrogens with one attached hydrogen (secondary N) is 1. The SMILES string of the molecule is CCn1c(N)c(CN2CCCC(C)C2)c(=O)[nH]c1=O. The van der Waals surface area contributed by atoms with Gasteiger partial charge in [-0.05, 0) is 32.2 Å². The molecule has 0 amide bonds. The molecule has 1 fully saturated rings. The summed E-state index contributed by atoms with van der Waals surface area (Å²) in [6, 6.07) is 0. The fourth-order valence-corrected chi connectivity index (χ4v) is 2.75. The summed E-state index contributed by atoms with van der Waals surface area (Å²) in [5, 5.41) is 0. The molecule has 2 rings (SSSR count). The number of hydrogen-bond donors (Lipinski definition) is 2. The lowest BCUT2D eigenvalue weighted by molar-refractivity contribution is 0.176. The van der Waals surface area contributed by atoms with E-state index in [9.17, 15) is 9.59 Å². The molecular formula is C13H22N4O2. The molecule has 1 aliphatic heterocycles. The Morgan fingerprint density at radius 2 is 2.16 bits per heavy atom. The minimum atomic E-state index is -0.430. The van der Waals surface area contributed by atoms with Gasteiger partial charge in [0.15, 0.2) is 0 Å². The zero-order chi connectivity index (χ0) is 14.0. The van der Waals surface area contributed by atoms with E-state index in [-0.39, 0.29) is 5.56 Å². The molecule has 1 aliphatic rings. The van der Waals surface area contributed by atoms with Crippen LogP contribution in [0.1, 0.15) is 32.3 Å². The van der Waals surface area contributed by atoms with E-state index in [1.165, 1.54) is 11.0 Å². The largest absolute Gasteiger partial charge is 0.385 e. The second kappa shape index (κ2) is 5.61. The van der Waals surface area contributed by atoms with Gasteiger partial charge in [-0.2, -0.15) is 0 Å². The Bertz CT molecular complexity index is 561.